The number of aromatic hydroxyl groups is 1. The minimum Gasteiger partial charge on any atom is -0.507 e. The maximum atomic E-state index is 14.3. The Labute approximate surface area is 230 Å². The van der Waals surface area contributed by atoms with E-state index in [2.05, 4.69) is 19.9 Å². The molecule has 39 heavy (non-hydrogen) atoms. The van der Waals surface area contributed by atoms with Gasteiger partial charge in [0.2, 0.25) is 0 Å². The second kappa shape index (κ2) is 9.33. The Kier molecular flexibility index (Phi) is 6.95. The highest BCUT2D eigenvalue weighted by molar-refractivity contribution is 6.32. The van der Waals surface area contributed by atoms with Crippen LogP contribution in [0.1, 0.15) is 89.7 Å². The van der Waals surface area contributed by atoms with Crippen molar-refractivity contribution in [3.05, 3.63) is 34.9 Å². The second-order valence-corrected chi connectivity index (χ2v) is 13.3. The number of aliphatic hydroxyl groups is 1. The molecule has 0 heterocycles. The van der Waals surface area contributed by atoms with Crippen molar-refractivity contribution in [1.29, 1.82) is 0 Å². The number of fused-ring (bicyclic) bond motifs is 3. The van der Waals surface area contributed by atoms with Crippen LogP contribution in [0.25, 0.3) is 5.57 Å². The summed E-state index contributed by atoms with van der Waals surface area (Å²) in [6, 6.07) is 3.22. The van der Waals surface area contributed by atoms with Crippen LogP contribution in [0.15, 0.2) is 18.2 Å². The minimum absolute atomic E-state index is 0.0377. The molecular formula is C32H40O7. The molecule has 210 valence electrons. The van der Waals surface area contributed by atoms with Gasteiger partial charge in [-0.1, -0.05) is 53.7 Å². The van der Waals surface area contributed by atoms with E-state index in [-0.39, 0.29) is 30.1 Å². The fourth-order valence-corrected chi connectivity index (χ4v) is 8.03. The molecular weight excluding hydrogens is 496 g/mol. The number of ketones is 5. The average Bonchev–Trinajstić information content (AvgIpc) is 2.79. The topological polar surface area (TPSA) is 126 Å². The van der Waals surface area contributed by atoms with Crippen LogP contribution in [0, 0.1) is 40.4 Å². The maximum Gasteiger partial charge on any atom is 0.190 e. The van der Waals surface area contributed by atoms with Crippen molar-refractivity contribution in [1.82, 2.24) is 0 Å². The first-order valence-corrected chi connectivity index (χ1v) is 13.9. The highest BCUT2D eigenvalue weighted by Crippen LogP contribution is 2.64. The van der Waals surface area contributed by atoms with Gasteiger partial charge in [-0.25, -0.2) is 0 Å². The van der Waals surface area contributed by atoms with Crippen LogP contribution in [0.5, 0.6) is 5.75 Å². The highest BCUT2D eigenvalue weighted by atomic mass is 16.3. The van der Waals surface area contributed by atoms with E-state index >= 15 is 0 Å². The van der Waals surface area contributed by atoms with Crippen molar-refractivity contribution in [2.24, 2.45) is 40.4 Å². The number of rotatable bonds is 5. The van der Waals surface area contributed by atoms with Crippen LogP contribution >= 0.6 is 0 Å². The Morgan fingerprint density at radius 2 is 1.67 bits per heavy atom. The van der Waals surface area contributed by atoms with Gasteiger partial charge in [0.25, 0.3) is 0 Å². The van der Waals surface area contributed by atoms with Gasteiger partial charge < -0.3 is 10.2 Å². The maximum absolute atomic E-state index is 14.3. The molecule has 2 fully saturated rings. The Balaban J connectivity index is 1.96. The molecule has 3 aliphatic rings. The standard InChI is InChI=1S/C32H40O7/c1-15(2)9-10-17(5)19-11-12-21(34)23-20(19)13-30(7)14-31(8)24(16(3)4)26(35)22(18(6)33)28(37)32(31,39)29(38)25(30)27(23)36/h10-12,15-16,22,24-25,34,39H,9,13-14H2,1-8H3/t22?,24?,25?,30-,31-,32+/m1/s1. The summed E-state index contributed by atoms with van der Waals surface area (Å²) in [7, 11) is 0. The van der Waals surface area contributed by atoms with Crippen LogP contribution in [-0.4, -0.2) is 44.7 Å². The van der Waals surface area contributed by atoms with Gasteiger partial charge in [0.15, 0.2) is 28.7 Å². The molecule has 6 atom stereocenters. The molecule has 1 aromatic rings. The van der Waals surface area contributed by atoms with Crippen LogP contribution in [0.2, 0.25) is 0 Å². The van der Waals surface area contributed by atoms with Crippen LogP contribution < -0.4 is 0 Å². The van der Waals surface area contributed by atoms with E-state index in [0.29, 0.717) is 11.5 Å². The number of hydrogen-bond donors (Lipinski definition) is 2. The molecule has 4 rings (SSSR count). The van der Waals surface area contributed by atoms with Gasteiger partial charge >= 0.3 is 0 Å². The molecule has 0 aliphatic heterocycles. The van der Waals surface area contributed by atoms with Gasteiger partial charge in [0, 0.05) is 11.3 Å². The van der Waals surface area contributed by atoms with Gasteiger partial charge in [-0.05, 0) is 73.1 Å². The van der Waals surface area contributed by atoms with E-state index in [1.165, 1.54) is 6.07 Å². The summed E-state index contributed by atoms with van der Waals surface area (Å²) >= 11 is 0. The van der Waals surface area contributed by atoms with Gasteiger partial charge in [-0.3, -0.25) is 24.0 Å². The third-order valence-electron chi connectivity index (χ3n) is 9.58. The average molecular weight is 537 g/mol. The van der Waals surface area contributed by atoms with Crippen molar-refractivity contribution >= 4 is 34.5 Å². The third kappa shape index (κ3) is 3.91. The first kappa shape index (κ1) is 29.1. The number of allylic oxidation sites excluding steroid dienone is 2. The van der Waals surface area contributed by atoms with Gasteiger partial charge in [0.05, 0.1) is 11.5 Å². The van der Waals surface area contributed by atoms with E-state index in [0.717, 1.165) is 24.5 Å². The molecule has 7 heteroatoms. The quantitative estimate of drug-likeness (QED) is 0.529. The van der Waals surface area contributed by atoms with Gasteiger partial charge in [0.1, 0.15) is 17.5 Å². The summed E-state index contributed by atoms with van der Waals surface area (Å²) in [6.45, 7) is 14.2. The zero-order valence-electron chi connectivity index (χ0n) is 24.2. The summed E-state index contributed by atoms with van der Waals surface area (Å²) in [5.74, 6) is -8.32. The lowest BCUT2D eigenvalue weighted by Crippen LogP contribution is -2.76. The molecule has 0 aromatic heterocycles. The number of Topliss-reactive ketones (excluding diaryl/α,β-unsaturated/α-hetero) is 5. The third-order valence-corrected chi connectivity index (χ3v) is 9.58. The fraction of sp³-hybridized carbons (Fsp3) is 0.594. The molecule has 2 N–H and O–H groups in total. The molecule has 0 radical (unpaired) electrons. The Morgan fingerprint density at radius 3 is 2.21 bits per heavy atom. The lowest BCUT2D eigenvalue weighted by atomic mass is 9.40. The zero-order chi connectivity index (χ0) is 29.4. The SMILES string of the molecule is CC(=O)C1C(=O)C(C(C)C)[C@@]2(C)C[C@@]3(C)Cc4c(C(C)=CCC(C)C)ccc(O)c4C(=O)C3C(=O)[C@@]2(O)C1=O. The molecule has 7 nitrogen and oxygen atoms in total. The van der Waals surface area contributed by atoms with E-state index in [9.17, 15) is 34.2 Å². The molecule has 0 spiro atoms. The predicted molar refractivity (Wildman–Crippen MR) is 146 cm³/mol. The summed E-state index contributed by atoms with van der Waals surface area (Å²) in [5.41, 5.74) is -2.79. The number of carbonyl (C=O) groups is 5. The number of phenolic OH excluding ortho intramolecular Hbond substituents is 1. The molecule has 0 amide bonds. The van der Waals surface area contributed by atoms with Gasteiger partial charge in [-0.2, -0.15) is 0 Å². The predicted octanol–water partition coefficient (Wildman–Crippen LogP) is 4.54. The minimum atomic E-state index is -2.68. The Morgan fingerprint density at radius 1 is 1.05 bits per heavy atom. The fourth-order valence-electron chi connectivity index (χ4n) is 8.03. The van der Waals surface area contributed by atoms with Crippen LogP contribution in [-0.2, 0) is 25.6 Å². The largest absolute Gasteiger partial charge is 0.507 e. The monoisotopic (exact) mass is 536 g/mol. The first-order valence-electron chi connectivity index (χ1n) is 13.9. The molecule has 3 unspecified atom stereocenters. The molecule has 0 bridgehead atoms. The van der Waals surface area contributed by atoms with Crippen molar-refractivity contribution in [2.75, 3.05) is 0 Å². The Bertz CT molecular complexity index is 1330. The first-order chi connectivity index (χ1) is 17.9. The molecule has 0 saturated heterocycles. The lowest BCUT2D eigenvalue weighted by Gasteiger charge is -2.61. The van der Waals surface area contributed by atoms with E-state index < -0.39 is 63.1 Å². The van der Waals surface area contributed by atoms with Crippen molar-refractivity contribution < 1.29 is 34.2 Å². The molecule has 3 aliphatic carbocycles. The molecule has 2 saturated carbocycles. The normalized spacial score (nSPS) is 34.7. The number of hydrogen-bond acceptors (Lipinski definition) is 7. The second-order valence-electron chi connectivity index (χ2n) is 13.3. The van der Waals surface area contributed by atoms with E-state index in [1.54, 1.807) is 33.8 Å². The smallest absolute Gasteiger partial charge is 0.190 e. The van der Waals surface area contributed by atoms with Crippen molar-refractivity contribution in [3.8, 4) is 5.75 Å². The highest BCUT2D eigenvalue weighted by Gasteiger charge is 2.76. The summed E-state index contributed by atoms with van der Waals surface area (Å²) in [6.07, 6.45) is 3.22. The summed E-state index contributed by atoms with van der Waals surface area (Å²) < 4.78 is 0. The van der Waals surface area contributed by atoms with E-state index in [1.807, 2.05) is 6.92 Å². The summed E-state index contributed by atoms with van der Waals surface area (Å²) in [4.78, 5) is 68.2. The lowest BCUT2D eigenvalue weighted by molar-refractivity contribution is -0.205. The van der Waals surface area contributed by atoms with Crippen LogP contribution in [0.4, 0.5) is 0 Å². The number of benzene rings is 1. The van der Waals surface area contributed by atoms with Crippen LogP contribution in [0.3, 0.4) is 0 Å². The number of phenols is 1. The van der Waals surface area contributed by atoms with Crippen molar-refractivity contribution in [2.45, 2.75) is 80.3 Å². The van der Waals surface area contributed by atoms with Crippen molar-refractivity contribution in [3.63, 3.8) is 0 Å². The number of carbonyl (C=O) groups excluding carboxylic acids is 5. The van der Waals surface area contributed by atoms with E-state index in [4.69, 9.17) is 0 Å². The summed E-state index contributed by atoms with van der Waals surface area (Å²) in [5, 5.41) is 22.9. The van der Waals surface area contributed by atoms with Gasteiger partial charge in [-0.15, -0.1) is 0 Å². The Hall–Kier alpha value is -2.93. The molecule has 1 aromatic carbocycles. The zero-order valence-corrected chi connectivity index (χ0v) is 24.2.